The van der Waals surface area contributed by atoms with Gasteiger partial charge in [-0.05, 0) is 24.4 Å². The summed E-state index contributed by atoms with van der Waals surface area (Å²) < 4.78 is 5.32. The maximum atomic E-state index is 12.0. The topological polar surface area (TPSA) is 39.2 Å². The summed E-state index contributed by atoms with van der Waals surface area (Å²) in [5.74, 6) is 0.714. The van der Waals surface area contributed by atoms with Crippen LogP contribution >= 0.6 is 11.3 Å². The smallest absolute Gasteiger partial charge is 0.169 e. The molecule has 0 aliphatic rings. The predicted molar refractivity (Wildman–Crippen MR) is 67.8 cm³/mol. The molecule has 2 aromatic rings. The summed E-state index contributed by atoms with van der Waals surface area (Å²) in [7, 11) is 0. The molecule has 0 fully saturated rings. The molecule has 0 aliphatic carbocycles. The first-order valence-electron chi connectivity index (χ1n) is 5.43. The molecule has 0 amide bonds. The van der Waals surface area contributed by atoms with Crippen molar-refractivity contribution >= 4 is 17.1 Å². The van der Waals surface area contributed by atoms with Crippen molar-refractivity contribution in [2.75, 3.05) is 6.61 Å². The van der Waals surface area contributed by atoms with Gasteiger partial charge in [-0.2, -0.15) is 0 Å². The number of carbonyl (C=O) groups excluding carboxylic acids is 1. The number of nitrogens with zero attached hydrogens (tertiary/aromatic N) is 1. The van der Waals surface area contributed by atoms with Gasteiger partial charge in [0, 0.05) is 23.1 Å². The molecule has 2 rings (SSSR count). The first-order valence-corrected chi connectivity index (χ1v) is 6.31. The van der Waals surface area contributed by atoms with E-state index in [1.54, 1.807) is 29.8 Å². The van der Waals surface area contributed by atoms with Gasteiger partial charge < -0.3 is 4.74 Å². The van der Waals surface area contributed by atoms with Gasteiger partial charge in [-0.15, -0.1) is 11.3 Å². The Morgan fingerprint density at radius 3 is 3.06 bits per heavy atom. The molecular formula is C13H13NO2S. The highest BCUT2D eigenvalue weighted by molar-refractivity contribution is 7.10. The maximum Gasteiger partial charge on any atom is 0.169 e. The van der Waals surface area contributed by atoms with Crippen molar-refractivity contribution in [3.63, 3.8) is 0 Å². The highest BCUT2D eigenvalue weighted by atomic mass is 32.1. The summed E-state index contributed by atoms with van der Waals surface area (Å²) in [5.41, 5.74) is 0.601. The van der Waals surface area contributed by atoms with Crippen LogP contribution in [0, 0.1) is 0 Å². The lowest BCUT2D eigenvalue weighted by Gasteiger charge is -2.04. The summed E-state index contributed by atoms with van der Waals surface area (Å²) in [6.07, 6.45) is 3.62. The highest BCUT2D eigenvalue weighted by Crippen LogP contribution is 2.15. The Morgan fingerprint density at radius 2 is 2.35 bits per heavy atom. The van der Waals surface area contributed by atoms with Gasteiger partial charge in [-0.3, -0.25) is 9.78 Å². The van der Waals surface area contributed by atoms with Crippen LogP contribution in [0.4, 0.5) is 0 Å². The van der Waals surface area contributed by atoms with Gasteiger partial charge >= 0.3 is 0 Å². The van der Waals surface area contributed by atoms with Gasteiger partial charge in [-0.1, -0.05) is 6.07 Å². The Morgan fingerprint density at radius 1 is 1.47 bits per heavy atom. The second kappa shape index (κ2) is 5.59. The lowest BCUT2D eigenvalue weighted by Crippen LogP contribution is -2.03. The number of thiophene rings is 1. The first-order chi connectivity index (χ1) is 8.29. The summed E-state index contributed by atoms with van der Waals surface area (Å²) in [5, 5.41) is 1.97. The zero-order valence-electron chi connectivity index (χ0n) is 9.55. The number of ketones is 1. The fourth-order valence-electron chi connectivity index (χ4n) is 1.49. The van der Waals surface area contributed by atoms with Gasteiger partial charge in [0.25, 0.3) is 0 Å². The van der Waals surface area contributed by atoms with Gasteiger partial charge in [-0.25, -0.2) is 0 Å². The number of aromatic nitrogens is 1. The van der Waals surface area contributed by atoms with Crippen molar-refractivity contribution in [1.29, 1.82) is 0 Å². The van der Waals surface area contributed by atoms with E-state index in [0.29, 0.717) is 24.3 Å². The third-order valence-corrected chi connectivity index (χ3v) is 3.14. The highest BCUT2D eigenvalue weighted by Gasteiger charge is 2.09. The monoisotopic (exact) mass is 247 g/mol. The summed E-state index contributed by atoms with van der Waals surface area (Å²) in [4.78, 5) is 17.1. The van der Waals surface area contributed by atoms with Gasteiger partial charge in [0.05, 0.1) is 12.8 Å². The molecule has 0 atom stereocenters. The van der Waals surface area contributed by atoms with Crippen LogP contribution in [-0.4, -0.2) is 17.4 Å². The van der Waals surface area contributed by atoms with Crippen LogP contribution in [0.2, 0.25) is 0 Å². The Kier molecular flexibility index (Phi) is 3.88. The average Bonchev–Trinajstić information content (AvgIpc) is 2.83. The third-order valence-electron chi connectivity index (χ3n) is 2.26. The van der Waals surface area contributed by atoms with Crippen LogP contribution in [0.15, 0.2) is 36.0 Å². The Hall–Kier alpha value is -1.68. The number of Topliss-reactive ketones (excluding diaryl/α,β-unsaturated/α-hetero) is 1. The Labute approximate surface area is 104 Å². The van der Waals surface area contributed by atoms with E-state index in [4.69, 9.17) is 4.74 Å². The van der Waals surface area contributed by atoms with Crippen LogP contribution in [0.5, 0.6) is 5.75 Å². The van der Waals surface area contributed by atoms with E-state index >= 15 is 0 Å². The van der Waals surface area contributed by atoms with Crippen LogP contribution in [0.1, 0.15) is 22.2 Å². The summed E-state index contributed by atoms with van der Waals surface area (Å²) >= 11 is 1.59. The number of hydrogen-bond donors (Lipinski definition) is 0. The largest absolute Gasteiger partial charge is 0.492 e. The van der Waals surface area contributed by atoms with Crippen molar-refractivity contribution in [1.82, 2.24) is 4.98 Å². The quantitative estimate of drug-likeness (QED) is 0.762. The van der Waals surface area contributed by atoms with Gasteiger partial charge in [0.1, 0.15) is 5.75 Å². The number of ether oxygens (including phenoxy) is 1. The molecule has 0 radical (unpaired) electrons. The van der Waals surface area contributed by atoms with E-state index in [9.17, 15) is 4.79 Å². The van der Waals surface area contributed by atoms with E-state index < -0.39 is 0 Å². The van der Waals surface area contributed by atoms with Gasteiger partial charge in [0.15, 0.2) is 5.78 Å². The normalized spacial score (nSPS) is 10.2. The van der Waals surface area contributed by atoms with Crippen LogP contribution in [0.3, 0.4) is 0 Å². The molecule has 3 nitrogen and oxygen atoms in total. The van der Waals surface area contributed by atoms with Crippen molar-refractivity contribution in [3.05, 3.63) is 46.4 Å². The third kappa shape index (κ3) is 3.14. The zero-order chi connectivity index (χ0) is 12.1. The van der Waals surface area contributed by atoms with Crippen molar-refractivity contribution in [2.24, 2.45) is 0 Å². The maximum absolute atomic E-state index is 12.0. The van der Waals surface area contributed by atoms with Crippen molar-refractivity contribution in [2.45, 2.75) is 13.3 Å². The minimum Gasteiger partial charge on any atom is -0.492 e. The van der Waals surface area contributed by atoms with E-state index in [1.165, 1.54) is 0 Å². The van der Waals surface area contributed by atoms with E-state index in [2.05, 4.69) is 4.98 Å². The molecule has 0 spiro atoms. The zero-order valence-corrected chi connectivity index (χ0v) is 10.4. The molecule has 88 valence electrons. The molecule has 0 aromatic carbocycles. The van der Waals surface area contributed by atoms with E-state index in [1.807, 2.05) is 24.4 Å². The standard InChI is InChI=1S/C13H13NO2S/c1-2-16-11-6-10(8-14-9-11)13(15)7-12-4-3-5-17-12/h3-6,8-9H,2,7H2,1H3. The second-order valence-corrected chi connectivity index (χ2v) is 4.55. The van der Waals surface area contributed by atoms with Crippen molar-refractivity contribution < 1.29 is 9.53 Å². The molecule has 0 N–H and O–H groups in total. The molecular weight excluding hydrogens is 234 g/mol. The second-order valence-electron chi connectivity index (χ2n) is 3.52. The fraction of sp³-hybridized carbons (Fsp3) is 0.231. The number of hydrogen-bond acceptors (Lipinski definition) is 4. The fourth-order valence-corrected chi connectivity index (χ4v) is 2.19. The van der Waals surface area contributed by atoms with Crippen LogP contribution in [0.25, 0.3) is 0 Å². The Bertz CT molecular complexity index is 494. The molecule has 0 bridgehead atoms. The van der Waals surface area contributed by atoms with Gasteiger partial charge in [0.2, 0.25) is 0 Å². The molecule has 2 heterocycles. The van der Waals surface area contributed by atoms with E-state index in [0.717, 1.165) is 4.88 Å². The number of carbonyl (C=O) groups is 1. The first kappa shape index (κ1) is 11.8. The predicted octanol–water partition coefficient (Wildman–Crippen LogP) is 2.97. The summed E-state index contributed by atoms with van der Waals surface area (Å²) in [6.45, 7) is 2.48. The molecule has 0 unspecified atom stereocenters. The molecule has 4 heteroatoms. The number of rotatable bonds is 5. The molecule has 17 heavy (non-hydrogen) atoms. The molecule has 0 aliphatic heterocycles. The molecule has 2 aromatic heterocycles. The lowest BCUT2D eigenvalue weighted by atomic mass is 10.1. The Balaban J connectivity index is 2.11. The number of pyridine rings is 1. The van der Waals surface area contributed by atoms with E-state index in [-0.39, 0.29) is 5.78 Å². The molecule has 0 saturated heterocycles. The molecule has 0 saturated carbocycles. The van der Waals surface area contributed by atoms with Crippen molar-refractivity contribution in [3.8, 4) is 5.75 Å². The minimum atomic E-state index is 0.0708. The van der Waals surface area contributed by atoms with Crippen LogP contribution in [-0.2, 0) is 6.42 Å². The minimum absolute atomic E-state index is 0.0708. The lowest BCUT2D eigenvalue weighted by molar-refractivity contribution is 0.0993. The SMILES string of the molecule is CCOc1cncc(C(=O)Cc2cccs2)c1. The summed E-state index contributed by atoms with van der Waals surface area (Å²) in [6, 6.07) is 5.65. The van der Waals surface area contributed by atoms with Crippen LogP contribution < -0.4 is 4.74 Å². The average molecular weight is 247 g/mol.